The van der Waals surface area contributed by atoms with Crippen molar-refractivity contribution >= 4 is 6.29 Å². The second kappa shape index (κ2) is 4.75. The standard InChI is InChI=1S/C10H15NO/c1-10-5-7-11(9-10)6-3-2-4-8-12/h5,7-9H,2-4,6H2,1H3. The average molecular weight is 165 g/mol. The van der Waals surface area contributed by atoms with Crippen molar-refractivity contribution in [1.29, 1.82) is 0 Å². The molecule has 12 heavy (non-hydrogen) atoms. The maximum absolute atomic E-state index is 10.0. The minimum Gasteiger partial charge on any atom is -0.354 e. The van der Waals surface area contributed by atoms with E-state index in [0.717, 1.165) is 25.7 Å². The van der Waals surface area contributed by atoms with Crippen molar-refractivity contribution in [2.24, 2.45) is 0 Å². The fourth-order valence-electron chi connectivity index (χ4n) is 1.22. The van der Waals surface area contributed by atoms with Crippen LogP contribution in [0.25, 0.3) is 0 Å². The maximum Gasteiger partial charge on any atom is 0.119 e. The molecule has 2 heteroatoms. The number of rotatable bonds is 5. The van der Waals surface area contributed by atoms with E-state index in [2.05, 4.69) is 30.0 Å². The Morgan fingerprint density at radius 1 is 1.50 bits per heavy atom. The van der Waals surface area contributed by atoms with Crippen molar-refractivity contribution in [3.63, 3.8) is 0 Å². The van der Waals surface area contributed by atoms with Gasteiger partial charge in [0.15, 0.2) is 0 Å². The highest BCUT2D eigenvalue weighted by atomic mass is 16.1. The largest absolute Gasteiger partial charge is 0.354 e. The Morgan fingerprint density at radius 2 is 2.33 bits per heavy atom. The number of aryl methyl sites for hydroxylation is 2. The number of hydrogen-bond acceptors (Lipinski definition) is 1. The van der Waals surface area contributed by atoms with E-state index in [9.17, 15) is 4.79 Å². The summed E-state index contributed by atoms with van der Waals surface area (Å²) in [6, 6.07) is 2.10. The Kier molecular flexibility index (Phi) is 3.58. The highest BCUT2D eigenvalue weighted by Gasteiger charge is 1.91. The molecule has 0 unspecified atom stereocenters. The van der Waals surface area contributed by atoms with E-state index in [1.807, 2.05) is 0 Å². The average Bonchev–Trinajstić information content (AvgIpc) is 2.45. The van der Waals surface area contributed by atoms with Crippen molar-refractivity contribution in [2.45, 2.75) is 32.7 Å². The van der Waals surface area contributed by atoms with Gasteiger partial charge in [-0.3, -0.25) is 0 Å². The Balaban J connectivity index is 2.19. The highest BCUT2D eigenvalue weighted by Crippen LogP contribution is 2.02. The summed E-state index contributed by atoms with van der Waals surface area (Å²) in [5.74, 6) is 0. The minimum absolute atomic E-state index is 0.695. The SMILES string of the molecule is Cc1ccn(CCCCC=O)c1. The van der Waals surface area contributed by atoms with Gasteiger partial charge in [-0.25, -0.2) is 0 Å². The zero-order chi connectivity index (χ0) is 8.81. The predicted molar refractivity (Wildman–Crippen MR) is 49.1 cm³/mol. The summed E-state index contributed by atoms with van der Waals surface area (Å²) < 4.78 is 2.17. The van der Waals surface area contributed by atoms with Gasteiger partial charge < -0.3 is 9.36 Å². The summed E-state index contributed by atoms with van der Waals surface area (Å²) in [6.45, 7) is 3.11. The van der Waals surface area contributed by atoms with E-state index >= 15 is 0 Å². The van der Waals surface area contributed by atoms with Crippen LogP contribution in [0.4, 0.5) is 0 Å². The lowest BCUT2D eigenvalue weighted by atomic mass is 10.2. The Bertz CT molecular complexity index is 240. The molecule has 1 heterocycles. The van der Waals surface area contributed by atoms with Crippen molar-refractivity contribution < 1.29 is 4.79 Å². The molecule has 0 atom stereocenters. The molecule has 0 fully saturated rings. The molecule has 1 rings (SSSR count). The van der Waals surface area contributed by atoms with Gasteiger partial charge in [0, 0.05) is 25.4 Å². The third-order valence-electron chi connectivity index (χ3n) is 1.89. The van der Waals surface area contributed by atoms with Crippen LogP contribution in [0.1, 0.15) is 24.8 Å². The summed E-state index contributed by atoms with van der Waals surface area (Å²) in [6.07, 6.45) is 7.98. The topological polar surface area (TPSA) is 22.0 Å². The van der Waals surface area contributed by atoms with Gasteiger partial charge >= 0.3 is 0 Å². The van der Waals surface area contributed by atoms with Crippen molar-refractivity contribution in [2.75, 3.05) is 0 Å². The number of aromatic nitrogens is 1. The van der Waals surface area contributed by atoms with E-state index in [1.54, 1.807) is 0 Å². The smallest absolute Gasteiger partial charge is 0.119 e. The highest BCUT2D eigenvalue weighted by molar-refractivity contribution is 5.48. The molecule has 1 aromatic heterocycles. The third kappa shape index (κ3) is 2.91. The second-order valence-corrected chi connectivity index (χ2v) is 3.09. The lowest BCUT2D eigenvalue weighted by molar-refractivity contribution is -0.107. The van der Waals surface area contributed by atoms with Gasteiger partial charge in [-0.15, -0.1) is 0 Å². The van der Waals surface area contributed by atoms with Gasteiger partial charge in [-0.2, -0.15) is 0 Å². The number of carbonyl (C=O) groups is 1. The van der Waals surface area contributed by atoms with Crippen molar-refractivity contribution in [3.8, 4) is 0 Å². The molecule has 0 saturated heterocycles. The van der Waals surface area contributed by atoms with Crippen LogP contribution in [-0.2, 0) is 11.3 Å². The zero-order valence-electron chi connectivity index (χ0n) is 7.49. The normalized spacial score (nSPS) is 10.1. The fourth-order valence-corrected chi connectivity index (χ4v) is 1.22. The molecule has 0 aromatic carbocycles. The molecule has 0 N–H and O–H groups in total. The number of nitrogens with zero attached hydrogens (tertiary/aromatic N) is 1. The van der Waals surface area contributed by atoms with Crippen LogP contribution < -0.4 is 0 Å². The molecule has 66 valence electrons. The molecule has 0 bridgehead atoms. The number of aldehydes is 1. The van der Waals surface area contributed by atoms with Crippen LogP contribution in [0.2, 0.25) is 0 Å². The first-order valence-electron chi connectivity index (χ1n) is 4.39. The summed E-state index contributed by atoms with van der Waals surface area (Å²) >= 11 is 0. The lowest BCUT2D eigenvalue weighted by Crippen LogP contribution is -1.93. The molecule has 0 aliphatic carbocycles. The van der Waals surface area contributed by atoms with Gasteiger partial charge in [0.05, 0.1) is 0 Å². The molecule has 0 aliphatic rings. The van der Waals surface area contributed by atoms with Crippen LogP contribution in [-0.4, -0.2) is 10.9 Å². The number of carbonyl (C=O) groups excluding carboxylic acids is 1. The molecule has 0 spiro atoms. The van der Waals surface area contributed by atoms with Gasteiger partial charge in [-0.1, -0.05) is 0 Å². The van der Waals surface area contributed by atoms with Gasteiger partial charge in [0.2, 0.25) is 0 Å². The summed E-state index contributed by atoms with van der Waals surface area (Å²) in [5.41, 5.74) is 1.30. The lowest BCUT2D eigenvalue weighted by Gasteiger charge is -1.99. The fraction of sp³-hybridized carbons (Fsp3) is 0.500. The van der Waals surface area contributed by atoms with Crippen molar-refractivity contribution in [3.05, 3.63) is 24.0 Å². The maximum atomic E-state index is 10.0. The molecule has 2 nitrogen and oxygen atoms in total. The zero-order valence-corrected chi connectivity index (χ0v) is 7.49. The van der Waals surface area contributed by atoms with E-state index < -0.39 is 0 Å². The van der Waals surface area contributed by atoms with Gasteiger partial charge in [-0.05, 0) is 31.4 Å². The van der Waals surface area contributed by atoms with E-state index in [0.29, 0.717) is 6.42 Å². The quantitative estimate of drug-likeness (QED) is 0.484. The third-order valence-corrected chi connectivity index (χ3v) is 1.89. The molecule has 0 aliphatic heterocycles. The first kappa shape index (κ1) is 9.04. The predicted octanol–water partition coefficient (Wildman–Crippen LogP) is 2.17. The summed E-state index contributed by atoms with van der Waals surface area (Å²) in [7, 11) is 0. The van der Waals surface area contributed by atoms with Crippen LogP contribution >= 0.6 is 0 Å². The first-order chi connectivity index (χ1) is 5.83. The molecule has 0 saturated carbocycles. The Labute approximate surface area is 73.2 Å². The minimum atomic E-state index is 0.695. The van der Waals surface area contributed by atoms with Crippen LogP contribution in [0.3, 0.4) is 0 Å². The van der Waals surface area contributed by atoms with Crippen molar-refractivity contribution in [1.82, 2.24) is 4.57 Å². The molecular formula is C10H15NO. The second-order valence-electron chi connectivity index (χ2n) is 3.09. The molecule has 1 aromatic rings. The molecular weight excluding hydrogens is 150 g/mol. The number of unbranched alkanes of at least 4 members (excludes halogenated alkanes) is 2. The monoisotopic (exact) mass is 165 g/mol. The van der Waals surface area contributed by atoms with Crippen LogP contribution in [0.15, 0.2) is 18.5 Å². The van der Waals surface area contributed by atoms with E-state index in [1.165, 1.54) is 5.56 Å². The summed E-state index contributed by atoms with van der Waals surface area (Å²) in [4.78, 5) is 10.0. The first-order valence-corrected chi connectivity index (χ1v) is 4.39. The Hall–Kier alpha value is -1.05. The molecule has 0 amide bonds. The van der Waals surface area contributed by atoms with Crippen LogP contribution in [0, 0.1) is 6.92 Å². The van der Waals surface area contributed by atoms with E-state index in [-0.39, 0.29) is 0 Å². The molecule has 0 radical (unpaired) electrons. The number of hydrogen-bond donors (Lipinski definition) is 0. The van der Waals surface area contributed by atoms with Gasteiger partial charge in [0.1, 0.15) is 6.29 Å². The van der Waals surface area contributed by atoms with Gasteiger partial charge in [0.25, 0.3) is 0 Å². The Morgan fingerprint density at radius 3 is 2.92 bits per heavy atom. The van der Waals surface area contributed by atoms with E-state index in [4.69, 9.17) is 0 Å². The van der Waals surface area contributed by atoms with Crippen LogP contribution in [0.5, 0.6) is 0 Å². The summed E-state index contributed by atoms with van der Waals surface area (Å²) in [5, 5.41) is 0.